The summed E-state index contributed by atoms with van der Waals surface area (Å²) in [6, 6.07) is 37.9. The minimum atomic E-state index is -4.31. The van der Waals surface area contributed by atoms with Gasteiger partial charge in [0.2, 0.25) is 34.7 Å². The second kappa shape index (κ2) is 31.0. The molecule has 6 aromatic rings. The predicted molar refractivity (Wildman–Crippen MR) is 349 cm³/mol. The average molecular weight is 1280 g/mol. The number of imide groups is 1. The second-order valence-electron chi connectivity index (χ2n) is 22.4. The van der Waals surface area contributed by atoms with Crippen LogP contribution in [-0.4, -0.2) is 131 Å². The van der Waals surface area contributed by atoms with Gasteiger partial charge in [0.1, 0.15) is 20.2 Å². The van der Waals surface area contributed by atoms with Gasteiger partial charge >= 0.3 is 7.82 Å². The van der Waals surface area contributed by atoms with E-state index in [4.69, 9.17) is 14.0 Å². The van der Waals surface area contributed by atoms with E-state index in [2.05, 4.69) is 197 Å². The van der Waals surface area contributed by atoms with Crippen LogP contribution in [0.25, 0.3) is 34.0 Å². The molecule has 0 bridgehead atoms. The highest BCUT2D eigenvalue weighted by Gasteiger charge is 2.44. The fourth-order valence-corrected chi connectivity index (χ4v) is 14.3. The highest BCUT2D eigenvalue weighted by molar-refractivity contribution is 8.04. The molecule has 5 N–H and O–H groups in total. The number of hydrogen-bond donors (Lipinski definition) is 5. The number of nitrogens with one attached hydrogen (secondary N) is 4. The van der Waals surface area contributed by atoms with Gasteiger partial charge in [-0.1, -0.05) is 78.1 Å². The molecule has 6 heterocycles. The highest BCUT2D eigenvalue weighted by atomic mass is 32.2. The van der Waals surface area contributed by atoms with Crippen molar-refractivity contribution in [3.8, 4) is 0 Å². The first kappa shape index (κ1) is 65.5. The van der Waals surface area contributed by atoms with Crippen LogP contribution >= 0.6 is 31.3 Å². The molecule has 4 aliphatic heterocycles. The van der Waals surface area contributed by atoms with Gasteiger partial charge in [0.25, 0.3) is 5.91 Å². The zero-order chi connectivity index (χ0) is 63.2. The third-order valence-electron chi connectivity index (χ3n) is 16.4. The first-order chi connectivity index (χ1) is 43.6. The summed E-state index contributed by atoms with van der Waals surface area (Å²) in [5, 5.41) is 16.0. The largest absolute Gasteiger partial charge is 0.472 e. The molecule has 1 saturated heterocycles. The quantitative estimate of drug-likeness (QED) is 0.00991. The van der Waals surface area contributed by atoms with E-state index in [1.54, 1.807) is 23.5 Å². The molecule has 3 unspecified atom stereocenters. The minimum absolute atomic E-state index is 0.0595. The number of methoxy groups -OCH3 is 1. The number of phosphoric acid groups is 1. The maximum atomic E-state index is 13.4. The number of para-hydroxylation sites is 4. The molecule has 2 aromatic heterocycles. The first-order valence-electron chi connectivity index (χ1n) is 30.4. The Morgan fingerprint density at radius 1 is 0.722 bits per heavy atom. The third-order valence-corrected chi connectivity index (χ3v) is 19.6. The van der Waals surface area contributed by atoms with Gasteiger partial charge in [0.05, 0.1) is 56.9 Å². The number of carbonyl (C=O) groups is 5. The molecule has 23 heteroatoms. The summed E-state index contributed by atoms with van der Waals surface area (Å²) in [6.45, 7) is 3.35. The van der Waals surface area contributed by atoms with E-state index < -0.39 is 49.8 Å². The van der Waals surface area contributed by atoms with Gasteiger partial charge in [0.15, 0.2) is 12.4 Å². The molecule has 1 fully saturated rings. The van der Waals surface area contributed by atoms with Gasteiger partial charge in [-0.25, -0.2) is 13.7 Å². The van der Waals surface area contributed by atoms with E-state index in [0.717, 1.165) is 76.6 Å². The van der Waals surface area contributed by atoms with Crippen LogP contribution in [0.1, 0.15) is 56.1 Å². The van der Waals surface area contributed by atoms with E-state index in [1.807, 2.05) is 0 Å². The number of thioether (sulfide) groups is 2. The fourth-order valence-electron chi connectivity index (χ4n) is 11.6. The smallest absolute Gasteiger partial charge is 0.379 e. The molecule has 20 nitrogen and oxygen atoms in total. The lowest BCUT2D eigenvalue weighted by Gasteiger charge is -2.24. The van der Waals surface area contributed by atoms with Crippen molar-refractivity contribution in [3.63, 3.8) is 0 Å². The summed E-state index contributed by atoms with van der Waals surface area (Å²) in [7, 11) is 2.28. The van der Waals surface area contributed by atoms with Crippen molar-refractivity contribution in [3.05, 3.63) is 167 Å². The van der Waals surface area contributed by atoms with Gasteiger partial charge in [0, 0.05) is 132 Å². The zero-order valence-electron chi connectivity index (χ0n) is 51.1. The molecule has 90 heavy (non-hydrogen) atoms. The molecule has 10 rings (SSSR count). The van der Waals surface area contributed by atoms with E-state index in [0.29, 0.717) is 58.4 Å². The standard InChI is InChI=1S/C67H76N9O11PS2/c1-72-36-29-46(49-17-5-7-19-52(49)72)42-64-75(54-21-9-11-23-59(54)89-64)34-15-13-25-61(77)68-31-38-74(40-33-70-63(79)28-27-48-41-51(67(81)71-66(48)80)56-44-57(84-3)58(87-56)45-86-88(82,83)85-4)39-32-69-62(78)26-14-16-35-76-55-22-10-12-24-60(55)90-65(76)43-47-30-37-73(2)53-20-8-6-18-50(47)53/h5-12,17-24,27-30,36-37,41-43,51,56-58H,13-16,25-26,31-35,38-40,44-45H2,1-4H3,(H3-2,68,69,70,71,77,78,79,80,81,82,83)/p+2/b28-27+/t51?,56-,57?,58-/m1/s1. The van der Waals surface area contributed by atoms with Gasteiger partial charge in [-0.15, -0.1) is 0 Å². The van der Waals surface area contributed by atoms with E-state index >= 15 is 0 Å². The Kier molecular flexibility index (Phi) is 22.6. The van der Waals surface area contributed by atoms with Crippen LogP contribution in [0.4, 0.5) is 11.4 Å². The third kappa shape index (κ3) is 16.7. The van der Waals surface area contributed by atoms with Gasteiger partial charge < -0.3 is 40.1 Å². The monoisotopic (exact) mass is 1280 g/mol. The van der Waals surface area contributed by atoms with Crippen molar-refractivity contribution in [2.45, 2.75) is 73.0 Å². The number of anilines is 2. The molecule has 4 aliphatic rings. The van der Waals surface area contributed by atoms with Crippen molar-refractivity contribution in [1.29, 1.82) is 0 Å². The summed E-state index contributed by atoms with van der Waals surface area (Å²) in [5.74, 6) is -2.83. The SMILES string of the molecule is COC1C[C@H](C2C=C(/C=C/C(=O)NCCN(CCNC(=O)CCCCN3/C(=C/c4cc[n+](C)c5ccccc45)Sc4ccccc43)CCNC(=O)CCCCN3/C(=C/c4cc[n+](C)c5ccccc45)Sc4ccccc43)C(=O)NC2=O)O[C@@H]1COP(=O)(O)OC. The van der Waals surface area contributed by atoms with E-state index in [1.165, 1.54) is 45.9 Å². The van der Waals surface area contributed by atoms with Gasteiger partial charge in [-0.3, -0.25) is 43.2 Å². The predicted octanol–water partition coefficient (Wildman–Crippen LogP) is 7.85. The summed E-state index contributed by atoms with van der Waals surface area (Å²) in [6.07, 6.45) is 14.4. The first-order valence-corrected chi connectivity index (χ1v) is 33.5. The van der Waals surface area contributed by atoms with E-state index in [-0.39, 0.29) is 37.0 Å². The van der Waals surface area contributed by atoms with Crippen LogP contribution in [0, 0.1) is 5.92 Å². The lowest BCUT2D eigenvalue weighted by Crippen LogP contribution is -2.44. The number of aryl methyl sites for hydroxylation is 2. The Labute approximate surface area is 533 Å². The number of rotatable bonds is 29. The number of pyridine rings is 2. The summed E-state index contributed by atoms with van der Waals surface area (Å²) in [5.41, 5.74) is 6.98. The molecule has 0 radical (unpaired) electrons. The Bertz CT molecular complexity index is 3630. The Morgan fingerprint density at radius 2 is 1.23 bits per heavy atom. The number of hydrogen-bond acceptors (Lipinski definition) is 15. The number of ether oxygens (including phenoxy) is 2. The summed E-state index contributed by atoms with van der Waals surface area (Å²) < 4.78 is 37.2. The minimum Gasteiger partial charge on any atom is -0.379 e. The maximum Gasteiger partial charge on any atom is 0.472 e. The number of carbonyl (C=O) groups excluding carboxylic acids is 5. The lowest BCUT2D eigenvalue weighted by atomic mass is 9.92. The average Bonchev–Trinajstić information content (AvgIpc) is 1.58. The Morgan fingerprint density at radius 3 is 1.77 bits per heavy atom. The molecule has 472 valence electrons. The van der Waals surface area contributed by atoms with Crippen molar-refractivity contribution in [2.75, 3.05) is 83.0 Å². The molecular weight excluding hydrogens is 1200 g/mol. The fraction of sp³-hybridized carbons (Fsp3) is 0.358. The number of unbranched alkanes of at least 4 members (excludes halogenated alkanes) is 2. The van der Waals surface area contributed by atoms with Crippen molar-refractivity contribution >= 4 is 106 Å². The second-order valence-corrected chi connectivity index (χ2v) is 26.1. The molecule has 4 aromatic carbocycles. The maximum absolute atomic E-state index is 13.4. The van der Waals surface area contributed by atoms with Crippen LogP contribution in [0.2, 0.25) is 0 Å². The van der Waals surface area contributed by atoms with Crippen LogP contribution < -0.4 is 40.2 Å². The van der Waals surface area contributed by atoms with Crippen molar-refractivity contribution in [1.82, 2.24) is 26.2 Å². The van der Waals surface area contributed by atoms with Crippen LogP contribution in [0.5, 0.6) is 0 Å². The molecule has 0 spiro atoms. The number of aromatic nitrogens is 2. The van der Waals surface area contributed by atoms with Gasteiger partial charge in [-0.05, 0) is 91.4 Å². The van der Waals surface area contributed by atoms with Gasteiger partial charge in [-0.2, -0.15) is 0 Å². The summed E-state index contributed by atoms with van der Waals surface area (Å²) in [4.78, 5) is 84.9. The number of phosphoric ester groups is 1. The number of nitrogens with zero attached hydrogens (tertiary/aromatic N) is 5. The molecule has 5 atom stereocenters. The topological polar surface area (TPSA) is 225 Å². The molecule has 0 saturated carbocycles. The van der Waals surface area contributed by atoms with Crippen molar-refractivity contribution in [2.24, 2.45) is 20.0 Å². The normalized spacial score (nSPS) is 19.6. The molecule has 5 amide bonds. The number of benzene rings is 4. The van der Waals surface area contributed by atoms with Crippen LogP contribution in [-0.2, 0) is 61.2 Å². The lowest BCUT2D eigenvalue weighted by molar-refractivity contribution is -0.645. The summed E-state index contributed by atoms with van der Waals surface area (Å²) >= 11 is 3.52. The van der Waals surface area contributed by atoms with Crippen LogP contribution in [0.15, 0.2) is 165 Å². The molecule has 0 aliphatic carbocycles. The Balaban J connectivity index is 0.720. The Hall–Kier alpha value is -7.50. The highest BCUT2D eigenvalue weighted by Crippen LogP contribution is 2.48. The van der Waals surface area contributed by atoms with Crippen molar-refractivity contribution < 1.29 is 61.1 Å². The van der Waals surface area contributed by atoms with E-state index in [9.17, 15) is 33.4 Å². The van der Waals surface area contributed by atoms with Crippen LogP contribution in [0.3, 0.4) is 0 Å². The number of fused-ring (bicyclic) bond motifs is 4. The zero-order valence-corrected chi connectivity index (χ0v) is 53.6. The number of amides is 5. The molecular formula is C67H78N9O11PS2+2.